The fourth-order valence-corrected chi connectivity index (χ4v) is 1.50. The van der Waals surface area contributed by atoms with E-state index in [1.165, 1.54) is 0 Å². The van der Waals surface area contributed by atoms with Crippen molar-refractivity contribution < 1.29 is 14.9 Å². The van der Waals surface area contributed by atoms with Crippen LogP contribution in [0.25, 0.3) is 0 Å². The van der Waals surface area contributed by atoms with Crippen LogP contribution in [0.4, 0.5) is 0 Å². The van der Waals surface area contributed by atoms with Crippen LogP contribution in [0.2, 0.25) is 0 Å². The minimum absolute atomic E-state index is 0.0841. The third-order valence-corrected chi connectivity index (χ3v) is 2.17. The first-order chi connectivity index (χ1) is 7.77. The van der Waals surface area contributed by atoms with Gasteiger partial charge in [0.1, 0.15) is 5.75 Å². The second-order valence-corrected chi connectivity index (χ2v) is 3.47. The van der Waals surface area contributed by atoms with Gasteiger partial charge in [-0.3, -0.25) is 0 Å². The number of aliphatic hydroxyl groups is 1. The summed E-state index contributed by atoms with van der Waals surface area (Å²) in [7, 11) is 0. The lowest BCUT2D eigenvalue weighted by atomic mass is 10.1. The van der Waals surface area contributed by atoms with Crippen molar-refractivity contribution in [3.05, 3.63) is 29.8 Å². The first-order valence-corrected chi connectivity index (χ1v) is 5.50. The number of nitrogens with one attached hydrogen (secondary N) is 1. The predicted octanol–water partition coefficient (Wildman–Crippen LogP) is 1.05. The van der Waals surface area contributed by atoms with Crippen molar-refractivity contribution in [1.82, 2.24) is 5.32 Å². The average molecular weight is 225 g/mol. The van der Waals surface area contributed by atoms with Crippen LogP contribution < -0.4 is 5.32 Å². The zero-order valence-corrected chi connectivity index (χ0v) is 9.52. The molecule has 1 aromatic rings. The monoisotopic (exact) mass is 225 g/mol. The fourth-order valence-electron chi connectivity index (χ4n) is 1.50. The Bertz CT molecular complexity index is 298. The normalized spacial score (nSPS) is 19.8. The summed E-state index contributed by atoms with van der Waals surface area (Å²) in [6.45, 7) is 4.40. The zero-order chi connectivity index (χ0) is 11.8. The number of hydrogen-bond acceptors (Lipinski definition) is 4. The van der Waals surface area contributed by atoms with Gasteiger partial charge in [0.25, 0.3) is 0 Å². The predicted molar refractivity (Wildman–Crippen MR) is 62.4 cm³/mol. The third-order valence-electron chi connectivity index (χ3n) is 2.17. The van der Waals surface area contributed by atoms with E-state index in [9.17, 15) is 5.11 Å². The van der Waals surface area contributed by atoms with Gasteiger partial charge >= 0.3 is 0 Å². The molecule has 4 nitrogen and oxygen atoms in total. The Morgan fingerprint density at radius 2 is 2.25 bits per heavy atom. The molecule has 1 atom stereocenters. The lowest BCUT2D eigenvalue weighted by molar-refractivity contribution is 0.0276. The summed E-state index contributed by atoms with van der Waals surface area (Å²) < 4.78 is 5.55. The molecule has 0 aliphatic carbocycles. The Labute approximate surface area is 95.9 Å². The summed E-state index contributed by atoms with van der Waals surface area (Å²) in [4.78, 5) is 0. The van der Waals surface area contributed by atoms with Gasteiger partial charge in [-0.2, -0.15) is 0 Å². The van der Waals surface area contributed by atoms with Crippen LogP contribution >= 0.6 is 0 Å². The lowest BCUT2D eigenvalue weighted by Gasteiger charge is -2.23. The molecule has 90 valence electrons. The second-order valence-electron chi connectivity index (χ2n) is 3.47. The van der Waals surface area contributed by atoms with Gasteiger partial charge in [0.15, 0.2) is 0 Å². The van der Waals surface area contributed by atoms with Crippen molar-refractivity contribution in [3.8, 4) is 5.75 Å². The van der Waals surface area contributed by atoms with Crippen LogP contribution in [0.3, 0.4) is 0 Å². The minimum Gasteiger partial charge on any atom is -0.508 e. The van der Waals surface area contributed by atoms with E-state index in [2.05, 4.69) is 5.32 Å². The highest BCUT2D eigenvalue weighted by atomic mass is 16.5. The SMILES string of the molecule is CCO.Oc1cccc(C2CNCCO2)c1. The van der Waals surface area contributed by atoms with E-state index < -0.39 is 0 Å². The van der Waals surface area contributed by atoms with Crippen LogP contribution in [0, 0.1) is 0 Å². The molecule has 4 heteroatoms. The maximum Gasteiger partial charge on any atom is 0.115 e. The second kappa shape index (κ2) is 7.22. The summed E-state index contributed by atoms with van der Waals surface area (Å²) in [6.07, 6.45) is 0.0841. The Kier molecular flexibility index (Phi) is 5.85. The number of phenols is 1. The van der Waals surface area contributed by atoms with Crippen molar-refractivity contribution in [2.75, 3.05) is 26.3 Å². The molecule has 1 heterocycles. The number of morpholine rings is 1. The highest BCUT2D eigenvalue weighted by Crippen LogP contribution is 2.21. The smallest absolute Gasteiger partial charge is 0.115 e. The van der Waals surface area contributed by atoms with Crippen molar-refractivity contribution in [1.29, 1.82) is 0 Å². The standard InChI is InChI=1S/C10H13NO2.C2H6O/c12-9-3-1-2-8(6-9)10-7-11-4-5-13-10;1-2-3/h1-3,6,10-12H,4-5,7H2;3H,2H2,1H3. The number of aliphatic hydroxyl groups excluding tert-OH is 1. The molecule has 0 bridgehead atoms. The molecular formula is C12H19NO3. The molecule has 0 spiro atoms. The molecule has 1 aliphatic heterocycles. The van der Waals surface area contributed by atoms with Gasteiger partial charge < -0.3 is 20.3 Å². The van der Waals surface area contributed by atoms with Crippen LogP contribution in [-0.2, 0) is 4.74 Å². The van der Waals surface area contributed by atoms with Gasteiger partial charge in [-0.1, -0.05) is 12.1 Å². The molecule has 0 saturated carbocycles. The molecule has 3 N–H and O–H groups in total. The molecular weight excluding hydrogens is 206 g/mol. The molecule has 1 saturated heterocycles. The van der Waals surface area contributed by atoms with Gasteiger partial charge in [-0.05, 0) is 24.6 Å². The van der Waals surface area contributed by atoms with Gasteiger partial charge in [-0.25, -0.2) is 0 Å². The van der Waals surface area contributed by atoms with E-state index in [-0.39, 0.29) is 12.7 Å². The number of rotatable bonds is 1. The average Bonchev–Trinajstić information content (AvgIpc) is 2.31. The van der Waals surface area contributed by atoms with Crippen molar-refractivity contribution in [2.45, 2.75) is 13.0 Å². The van der Waals surface area contributed by atoms with Crippen LogP contribution in [0.1, 0.15) is 18.6 Å². The Morgan fingerprint density at radius 3 is 2.81 bits per heavy atom. The quantitative estimate of drug-likeness (QED) is 0.668. The summed E-state index contributed by atoms with van der Waals surface area (Å²) in [5.74, 6) is 0.298. The Morgan fingerprint density at radius 1 is 1.50 bits per heavy atom. The molecule has 1 fully saturated rings. The molecule has 2 rings (SSSR count). The number of phenolic OH excluding ortho intramolecular Hbond substituents is 1. The minimum atomic E-state index is 0.0841. The topological polar surface area (TPSA) is 61.7 Å². The summed E-state index contributed by atoms with van der Waals surface area (Å²) >= 11 is 0. The highest BCUT2D eigenvalue weighted by molar-refractivity contribution is 5.29. The Balaban J connectivity index is 0.000000386. The summed E-state index contributed by atoms with van der Waals surface area (Å²) in [6, 6.07) is 7.22. The van der Waals surface area contributed by atoms with Gasteiger partial charge in [0.2, 0.25) is 0 Å². The molecule has 16 heavy (non-hydrogen) atoms. The molecule has 1 aromatic carbocycles. The molecule has 0 radical (unpaired) electrons. The summed E-state index contributed by atoms with van der Waals surface area (Å²) in [5.41, 5.74) is 1.03. The van der Waals surface area contributed by atoms with Gasteiger partial charge in [0.05, 0.1) is 12.7 Å². The fraction of sp³-hybridized carbons (Fsp3) is 0.500. The summed E-state index contributed by atoms with van der Waals surface area (Å²) in [5, 5.41) is 20.1. The number of ether oxygens (including phenoxy) is 1. The molecule has 1 unspecified atom stereocenters. The highest BCUT2D eigenvalue weighted by Gasteiger charge is 2.15. The molecule has 0 amide bonds. The van der Waals surface area contributed by atoms with Crippen molar-refractivity contribution in [2.24, 2.45) is 0 Å². The van der Waals surface area contributed by atoms with E-state index >= 15 is 0 Å². The lowest BCUT2D eigenvalue weighted by Crippen LogP contribution is -2.33. The first-order valence-electron chi connectivity index (χ1n) is 5.50. The van der Waals surface area contributed by atoms with E-state index in [1.54, 1.807) is 19.1 Å². The molecule has 1 aliphatic rings. The van der Waals surface area contributed by atoms with E-state index in [1.807, 2.05) is 12.1 Å². The zero-order valence-electron chi connectivity index (χ0n) is 9.52. The number of benzene rings is 1. The van der Waals surface area contributed by atoms with E-state index in [0.29, 0.717) is 5.75 Å². The first kappa shape index (κ1) is 13.0. The largest absolute Gasteiger partial charge is 0.508 e. The van der Waals surface area contributed by atoms with Gasteiger partial charge in [0, 0.05) is 19.7 Å². The number of aromatic hydroxyl groups is 1. The van der Waals surface area contributed by atoms with Gasteiger partial charge in [-0.15, -0.1) is 0 Å². The Hall–Kier alpha value is -1.10. The third kappa shape index (κ3) is 4.18. The maximum absolute atomic E-state index is 9.27. The van der Waals surface area contributed by atoms with E-state index in [0.717, 1.165) is 25.3 Å². The maximum atomic E-state index is 9.27. The number of hydrogen-bond donors (Lipinski definition) is 3. The van der Waals surface area contributed by atoms with Crippen LogP contribution in [0.15, 0.2) is 24.3 Å². The molecule has 0 aromatic heterocycles. The van der Waals surface area contributed by atoms with Crippen LogP contribution in [-0.4, -0.2) is 36.5 Å². The van der Waals surface area contributed by atoms with Crippen molar-refractivity contribution in [3.63, 3.8) is 0 Å². The van der Waals surface area contributed by atoms with Crippen LogP contribution in [0.5, 0.6) is 5.75 Å². The van der Waals surface area contributed by atoms with E-state index in [4.69, 9.17) is 9.84 Å². The van der Waals surface area contributed by atoms with Crippen molar-refractivity contribution >= 4 is 0 Å².